The van der Waals surface area contributed by atoms with Crippen molar-refractivity contribution >= 4 is 5.82 Å². The van der Waals surface area contributed by atoms with Crippen LogP contribution in [0.4, 0.5) is 5.82 Å². The molecular weight excluding hydrogens is 292 g/mol. The summed E-state index contributed by atoms with van der Waals surface area (Å²) in [4.78, 5) is 13.9. The zero-order valence-corrected chi connectivity index (χ0v) is 14.4. The fourth-order valence-corrected chi connectivity index (χ4v) is 4.09. The Hall–Kier alpha value is -1.24. The molecule has 0 radical (unpaired) electrons. The Bertz CT molecular complexity index is 499. The Balaban J connectivity index is 1.65. The summed E-state index contributed by atoms with van der Waals surface area (Å²) in [5.74, 6) is 1.75. The number of hydrogen-bond acceptors (Lipinski definition) is 6. The zero-order chi connectivity index (χ0) is 16.2. The van der Waals surface area contributed by atoms with Crippen LogP contribution in [0.2, 0.25) is 0 Å². The molecule has 3 heterocycles. The van der Waals surface area contributed by atoms with Gasteiger partial charge in [-0.05, 0) is 31.7 Å². The summed E-state index contributed by atoms with van der Waals surface area (Å²) in [5.41, 5.74) is 0. The van der Waals surface area contributed by atoms with Gasteiger partial charge in [0.15, 0.2) is 5.82 Å². The fourth-order valence-electron chi connectivity index (χ4n) is 4.09. The number of fused-ring (bicyclic) bond motifs is 2. The Kier molecular flexibility index (Phi) is 5.46. The number of ether oxygens (including phenoxy) is 2. The van der Waals surface area contributed by atoms with Crippen LogP contribution in [-0.4, -0.2) is 67.4 Å². The molecule has 0 aromatic carbocycles. The number of hydrogen-bond donors (Lipinski definition) is 0. The van der Waals surface area contributed by atoms with Crippen LogP contribution in [0.3, 0.4) is 0 Å². The smallest absolute Gasteiger partial charge is 0.156 e. The molecule has 2 atom stereocenters. The molecule has 3 rings (SSSR count). The number of anilines is 1. The molecule has 1 aromatic rings. The number of rotatable bonds is 7. The first-order valence-corrected chi connectivity index (χ1v) is 8.51. The van der Waals surface area contributed by atoms with Gasteiger partial charge in [-0.2, -0.15) is 0 Å². The molecular formula is C17H28N4O2. The van der Waals surface area contributed by atoms with Crippen molar-refractivity contribution in [1.29, 1.82) is 0 Å². The van der Waals surface area contributed by atoms with Crippen molar-refractivity contribution < 1.29 is 9.47 Å². The molecule has 0 saturated carbocycles. The summed E-state index contributed by atoms with van der Waals surface area (Å²) < 4.78 is 10.4. The minimum Gasteiger partial charge on any atom is -0.383 e. The van der Waals surface area contributed by atoms with Crippen LogP contribution in [0.25, 0.3) is 0 Å². The van der Waals surface area contributed by atoms with E-state index >= 15 is 0 Å². The Morgan fingerprint density at radius 3 is 2.61 bits per heavy atom. The summed E-state index contributed by atoms with van der Waals surface area (Å²) in [6.07, 6.45) is 6.88. The van der Waals surface area contributed by atoms with E-state index in [0.717, 1.165) is 24.8 Å². The van der Waals surface area contributed by atoms with Crippen LogP contribution in [0.1, 0.15) is 31.5 Å². The predicted octanol–water partition coefficient (Wildman–Crippen LogP) is 1.70. The van der Waals surface area contributed by atoms with Crippen molar-refractivity contribution in [1.82, 2.24) is 14.9 Å². The monoisotopic (exact) mass is 320 g/mol. The molecule has 1 aromatic heterocycles. The summed E-state index contributed by atoms with van der Waals surface area (Å²) in [5, 5.41) is 0. The van der Waals surface area contributed by atoms with Crippen molar-refractivity contribution in [2.24, 2.45) is 0 Å². The highest BCUT2D eigenvalue weighted by molar-refractivity contribution is 5.38. The normalized spacial score (nSPS) is 27.3. The highest BCUT2D eigenvalue weighted by atomic mass is 16.5. The highest BCUT2D eigenvalue weighted by Gasteiger charge is 2.41. The SMILES string of the molecule is COCCN1C2CCC1CC(N(C)c1ccnc(COC)n1)C2. The Labute approximate surface area is 138 Å². The van der Waals surface area contributed by atoms with E-state index in [2.05, 4.69) is 26.8 Å². The molecule has 2 fully saturated rings. The highest BCUT2D eigenvalue weighted by Crippen LogP contribution is 2.37. The molecule has 0 spiro atoms. The summed E-state index contributed by atoms with van der Waals surface area (Å²) >= 11 is 0. The van der Waals surface area contributed by atoms with E-state index in [1.165, 1.54) is 25.7 Å². The van der Waals surface area contributed by atoms with Gasteiger partial charge in [0.05, 0.1) is 6.61 Å². The van der Waals surface area contributed by atoms with E-state index in [0.29, 0.717) is 24.7 Å². The maximum Gasteiger partial charge on any atom is 0.156 e. The van der Waals surface area contributed by atoms with Crippen LogP contribution >= 0.6 is 0 Å². The van der Waals surface area contributed by atoms with E-state index in [1.807, 2.05) is 12.3 Å². The predicted molar refractivity (Wildman–Crippen MR) is 89.6 cm³/mol. The number of aromatic nitrogens is 2. The van der Waals surface area contributed by atoms with E-state index in [4.69, 9.17) is 9.47 Å². The van der Waals surface area contributed by atoms with E-state index in [9.17, 15) is 0 Å². The quantitative estimate of drug-likeness (QED) is 0.762. The van der Waals surface area contributed by atoms with Gasteiger partial charge in [-0.3, -0.25) is 4.90 Å². The van der Waals surface area contributed by atoms with Crippen molar-refractivity contribution in [2.75, 3.05) is 39.3 Å². The standard InChI is InChI=1S/C17H28N4O2/c1-20(17-6-7-18-16(19-17)12-23-3)15-10-13-4-5-14(11-15)21(13)8-9-22-2/h6-7,13-15H,4-5,8-12H2,1-3H3. The summed E-state index contributed by atoms with van der Waals surface area (Å²) in [6, 6.07) is 3.93. The van der Waals surface area contributed by atoms with E-state index in [-0.39, 0.29) is 0 Å². The summed E-state index contributed by atoms with van der Waals surface area (Å²) in [6.45, 7) is 2.36. The first-order valence-electron chi connectivity index (χ1n) is 8.51. The summed E-state index contributed by atoms with van der Waals surface area (Å²) in [7, 11) is 5.62. The van der Waals surface area contributed by atoms with E-state index < -0.39 is 0 Å². The van der Waals surface area contributed by atoms with Crippen LogP contribution in [0.15, 0.2) is 12.3 Å². The van der Waals surface area contributed by atoms with Gasteiger partial charge >= 0.3 is 0 Å². The molecule has 0 amide bonds. The van der Waals surface area contributed by atoms with Crippen molar-refractivity contribution in [3.05, 3.63) is 18.1 Å². The van der Waals surface area contributed by atoms with Crippen LogP contribution in [0, 0.1) is 0 Å². The number of methoxy groups -OCH3 is 2. The molecule has 2 bridgehead atoms. The van der Waals surface area contributed by atoms with Gasteiger partial charge in [-0.25, -0.2) is 9.97 Å². The molecule has 0 N–H and O–H groups in total. The van der Waals surface area contributed by atoms with Crippen LogP contribution in [-0.2, 0) is 16.1 Å². The van der Waals surface area contributed by atoms with Crippen molar-refractivity contribution in [2.45, 2.75) is 50.4 Å². The molecule has 6 heteroatoms. The van der Waals surface area contributed by atoms with Gasteiger partial charge in [-0.15, -0.1) is 0 Å². The van der Waals surface area contributed by atoms with E-state index in [1.54, 1.807) is 14.2 Å². The van der Waals surface area contributed by atoms with Gasteiger partial charge < -0.3 is 14.4 Å². The maximum absolute atomic E-state index is 5.27. The minimum atomic E-state index is 0.461. The second kappa shape index (κ2) is 7.55. The molecule has 23 heavy (non-hydrogen) atoms. The molecule has 0 aliphatic carbocycles. The van der Waals surface area contributed by atoms with Gasteiger partial charge in [0.1, 0.15) is 12.4 Å². The second-order valence-corrected chi connectivity index (χ2v) is 6.62. The minimum absolute atomic E-state index is 0.461. The van der Waals surface area contributed by atoms with Gasteiger partial charge in [0, 0.05) is 52.1 Å². The molecule has 128 valence electrons. The third-order valence-corrected chi connectivity index (χ3v) is 5.29. The molecule has 2 aliphatic heterocycles. The Morgan fingerprint density at radius 2 is 1.96 bits per heavy atom. The average molecular weight is 320 g/mol. The molecule has 2 aliphatic rings. The molecule has 6 nitrogen and oxygen atoms in total. The largest absolute Gasteiger partial charge is 0.383 e. The number of piperidine rings is 1. The topological polar surface area (TPSA) is 50.7 Å². The molecule has 2 saturated heterocycles. The third kappa shape index (κ3) is 3.65. The van der Waals surface area contributed by atoms with Crippen molar-refractivity contribution in [3.63, 3.8) is 0 Å². The second-order valence-electron chi connectivity index (χ2n) is 6.62. The lowest BCUT2D eigenvalue weighted by Crippen LogP contribution is -2.50. The van der Waals surface area contributed by atoms with Gasteiger partial charge in [0.2, 0.25) is 0 Å². The van der Waals surface area contributed by atoms with Crippen molar-refractivity contribution in [3.8, 4) is 0 Å². The Morgan fingerprint density at radius 1 is 1.22 bits per heavy atom. The maximum atomic E-state index is 5.27. The molecule has 2 unspecified atom stereocenters. The lowest BCUT2D eigenvalue weighted by Gasteiger charge is -2.42. The van der Waals surface area contributed by atoms with Gasteiger partial charge in [-0.1, -0.05) is 0 Å². The third-order valence-electron chi connectivity index (χ3n) is 5.29. The zero-order valence-electron chi connectivity index (χ0n) is 14.4. The first-order chi connectivity index (χ1) is 11.2. The number of nitrogens with zero attached hydrogens (tertiary/aromatic N) is 4. The average Bonchev–Trinajstić information content (AvgIpc) is 2.80. The lowest BCUT2D eigenvalue weighted by molar-refractivity contribution is 0.0830. The fraction of sp³-hybridized carbons (Fsp3) is 0.765. The van der Waals surface area contributed by atoms with Crippen LogP contribution < -0.4 is 4.90 Å². The van der Waals surface area contributed by atoms with Crippen LogP contribution in [0.5, 0.6) is 0 Å². The first kappa shape index (κ1) is 16.6. The lowest BCUT2D eigenvalue weighted by atomic mass is 9.96. The van der Waals surface area contributed by atoms with Gasteiger partial charge in [0.25, 0.3) is 0 Å².